The molecule has 1 aliphatic heterocycles. The molecule has 24 heavy (non-hydrogen) atoms. The normalized spacial score (nSPS) is 16.3. The largest absolute Gasteiger partial charge is 0.440 e. The molecule has 0 spiro atoms. The first-order chi connectivity index (χ1) is 11.7. The maximum atomic E-state index is 12.7. The molecule has 0 aromatic carbocycles. The van der Waals surface area contributed by atoms with Crippen LogP contribution in [0.15, 0.2) is 21.9 Å². The molecule has 3 heterocycles. The van der Waals surface area contributed by atoms with Gasteiger partial charge in [0.15, 0.2) is 0 Å². The lowest BCUT2D eigenvalue weighted by molar-refractivity contribution is -0.130. The summed E-state index contributed by atoms with van der Waals surface area (Å²) in [7, 11) is 0. The fourth-order valence-corrected chi connectivity index (χ4v) is 3.76. The van der Waals surface area contributed by atoms with E-state index in [1.165, 1.54) is 0 Å². The van der Waals surface area contributed by atoms with E-state index in [9.17, 15) is 4.79 Å². The zero-order valence-corrected chi connectivity index (χ0v) is 15.3. The Morgan fingerprint density at radius 2 is 2.21 bits per heavy atom. The molecule has 0 saturated carbocycles. The Kier molecular flexibility index (Phi) is 5.68. The molecule has 6 heteroatoms. The second-order valence-corrected chi connectivity index (χ2v) is 7.20. The predicted octanol–water partition coefficient (Wildman–Crippen LogP) is 3.20. The zero-order valence-electron chi connectivity index (χ0n) is 14.5. The van der Waals surface area contributed by atoms with Gasteiger partial charge in [-0.3, -0.25) is 4.79 Å². The number of hydrogen-bond acceptors (Lipinski definition) is 5. The highest BCUT2D eigenvalue weighted by Crippen LogP contribution is 2.26. The summed E-state index contributed by atoms with van der Waals surface area (Å²) in [6.07, 6.45) is 2.54. The summed E-state index contributed by atoms with van der Waals surface area (Å²) in [6, 6.07) is 3.96. The lowest BCUT2D eigenvalue weighted by atomic mass is 10.2. The van der Waals surface area contributed by atoms with Crippen LogP contribution in [0.1, 0.15) is 31.2 Å². The van der Waals surface area contributed by atoms with Gasteiger partial charge in [0.05, 0.1) is 17.0 Å². The van der Waals surface area contributed by atoms with Crippen molar-refractivity contribution in [3.63, 3.8) is 0 Å². The van der Waals surface area contributed by atoms with Gasteiger partial charge in [-0.15, -0.1) is 11.3 Å². The van der Waals surface area contributed by atoms with Crippen LogP contribution in [-0.2, 0) is 11.2 Å². The Bertz CT molecular complexity index is 666. The van der Waals surface area contributed by atoms with Crippen LogP contribution < -0.4 is 0 Å². The van der Waals surface area contributed by atoms with Crippen LogP contribution >= 0.6 is 11.3 Å². The summed E-state index contributed by atoms with van der Waals surface area (Å²) < 4.78 is 5.74. The molecule has 1 fully saturated rings. The average molecular weight is 347 g/mol. The van der Waals surface area contributed by atoms with Gasteiger partial charge in [0.1, 0.15) is 5.76 Å². The molecule has 2 aromatic heterocycles. The SMILES string of the molecule is CCCN1CCCN(C(=O)Cc2nc(-c3cccs3)oc2C)CC1. The number of nitrogens with zero attached hydrogens (tertiary/aromatic N) is 3. The number of aryl methyl sites for hydroxylation is 1. The van der Waals surface area contributed by atoms with Crippen LogP contribution in [0.25, 0.3) is 10.8 Å². The van der Waals surface area contributed by atoms with Crippen LogP contribution in [0.3, 0.4) is 0 Å². The van der Waals surface area contributed by atoms with Crippen LogP contribution in [0, 0.1) is 6.92 Å². The molecule has 1 amide bonds. The van der Waals surface area contributed by atoms with E-state index in [0.29, 0.717) is 12.3 Å². The van der Waals surface area contributed by atoms with Crippen molar-refractivity contribution in [1.29, 1.82) is 0 Å². The number of amides is 1. The Morgan fingerprint density at radius 3 is 2.96 bits per heavy atom. The third kappa shape index (κ3) is 4.05. The number of carbonyl (C=O) groups is 1. The van der Waals surface area contributed by atoms with Crippen molar-refractivity contribution in [2.24, 2.45) is 0 Å². The van der Waals surface area contributed by atoms with E-state index in [-0.39, 0.29) is 5.91 Å². The molecule has 2 aromatic rings. The van der Waals surface area contributed by atoms with E-state index in [1.807, 2.05) is 29.3 Å². The van der Waals surface area contributed by atoms with Crippen LogP contribution in [0.2, 0.25) is 0 Å². The van der Waals surface area contributed by atoms with Crippen molar-refractivity contribution < 1.29 is 9.21 Å². The molecule has 0 bridgehead atoms. The molecule has 3 rings (SSSR count). The Balaban J connectivity index is 1.62. The number of aromatic nitrogens is 1. The molecule has 1 saturated heterocycles. The smallest absolute Gasteiger partial charge is 0.236 e. The van der Waals surface area contributed by atoms with Gasteiger partial charge in [-0.2, -0.15) is 0 Å². The number of oxazole rings is 1. The molecule has 5 nitrogen and oxygen atoms in total. The minimum absolute atomic E-state index is 0.155. The first-order valence-corrected chi connectivity index (χ1v) is 9.55. The molecule has 130 valence electrons. The van der Waals surface area contributed by atoms with E-state index in [4.69, 9.17) is 4.42 Å². The van der Waals surface area contributed by atoms with E-state index < -0.39 is 0 Å². The van der Waals surface area contributed by atoms with Crippen molar-refractivity contribution in [2.75, 3.05) is 32.7 Å². The lowest BCUT2D eigenvalue weighted by Gasteiger charge is -2.21. The summed E-state index contributed by atoms with van der Waals surface area (Å²) in [4.78, 5) is 22.6. The maximum absolute atomic E-state index is 12.7. The third-order valence-electron chi connectivity index (χ3n) is 4.42. The minimum atomic E-state index is 0.155. The van der Waals surface area contributed by atoms with Crippen molar-refractivity contribution in [3.8, 4) is 10.8 Å². The van der Waals surface area contributed by atoms with Crippen LogP contribution in [0.4, 0.5) is 0 Å². The Morgan fingerprint density at radius 1 is 1.33 bits per heavy atom. The monoisotopic (exact) mass is 347 g/mol. The van der Waals surface area contributed by atoms with Gasteiger partial charge in [0.2, 0.25) is 11.8 Å². The van der Waals surface area contributed by atoms with E-state index in [1.54, 1.807) is 11.3 Å². The first-order valence-electron chi connectivity index (χ1n) is 8.67. The maximum Gasteiger partial charge on any atom is 0.236 e. The van der Waals surface area contributed by atoms with E-state index >= 15 is 0 Å². The Hall–Kier alpha value is -1.66. The topological polar surface area (TPSA) is 49.6 Å². The lowest BCUT2D eigenvalue weighted by Crippen LogP contribution is -2.36. The molecule has 0 radical (unpaired) electrons. The fourth-order valence-electron chi connectivity index (χ4n) is 3.11. The van der Waals surface area contributed by atoms with Crippen molar-refractivity contribution in [2.45, 2.75) is 33.1 Å². The molecular weight excluding hydrogens is 322 g/mol. The van der Waals surface area contributed by atoms with E-state index in [2.05, 4.69) is 16.8 Å². The highest BCUT2D eigenvalue weighted by molar-refractivity contribution is 7.13. The van der Waals surface area contributed by atoms with Gasteiger partial charge in [0, 0.05) is 19.6 Å². The van der Waals surface area contributed by atoms with Crippen molar-refractivity contribution >= 4 is 17.2 Å². The minimum Gasteiger partial charge on any atom is -0.440 e. The van der Waals surface area contributed by atoms with E-state index in [0.717, 1.165) is 61.9 Å². The summed E-state index contributed by atoms with van der Waals surface area (Å²) in [6.45, 7) is 8.92. The summed E-state index contributed by atoms with van der Waals surface area (Å²) in [5, 5.41) is 2.00. The average Bonchev–Trinajstić information content (AvgIpc) is 3.14. The molecule has 0 unspecified atom stereocenters. The van der Waals surface area contributed by atoms with Gasteiger partial charge in [-0.1, -0.05) is 13.0 Å². The third-order valence-corrected chi connectivity index (χ3v) is 5.28. The standard InChI is InChI=1S/C18H25N3O2S/c1-3-7-20-8-5-9-21(11-10-20)17(22)13-15-14(2)23-18(19-15)16-6-4-12-24-16/h4,6,12H,3,5,7-11,13H2,1-2H3. The number of hydrogen-bond donors (Lipinski definition) is 0. The second kappa shape index (κ2) is 7.94. The Labute approximate surface area is 147 Å². The molecular formula is C18H25N3O2S. The highest BCUT2D eigenvalue weighted by Gasteiger charge is 2.21. The quantitative estimate of drug-likeness (QED) is 0.833. The van der Waals surface area contributed by atoms with Gasteiger partial charge >= 0.3 is 0 Å². The number of rotatable bonds is 5. The number of thiophene rings is 1. The highest BCUT2D eigenvalue weighted by atomic mass is 32.1. The molecule has 0 atom stereocenters. The van der Waals surface area contributed by atoms with Gasteiger partial charge in [-0.05, 0) is 44.3 Å². The summed E-state index contributed by atoms with van der Waals surface area (Å²) >= 11 is 1.60. The second-order valence-electron chi connectivity index (χ2n) is 6.25. The van der Waals surface area contributed by atoms with Crippen LogP contribution in [-0.4, -0.2) is 53.4 Å². The first kappa shape index (κ1) is 17.2. The van der Waals surface area contributed by atoms with Crippen molar-refractivity contribution in [1.82, 2.24) is 14.8 Å². The predicted molar refractivity (Wildman–Crippen MR) is 96.2 cm³/mol. The molecule has 1 aliphatic rings. The molecule has 0 aliphatic carbocycles. The van der Waals surface area contributed by atoms with Gasteiger partial charge in [0.25, 0.3) is 0 Å². The van der Waals surface area contributed by atoms with Crippen molar-refractivity contribution in [3.05, 3.63) is 29.0 Å². The number of carbonyl (C=O) groups excluding carboxylic acids is 1. The summed E-state index contributed by atoms with van der Waals surface area (Å²) in [5.41, 5.74) is 0.762. The van der Waals surface area contributed by atoms with Crippen LogP contribution in [0.5, 0.6) is 0 Å². The fraction of sp³-hybridized carbons (Fsp3) is 0.556. The molecule has 0 N–H and O–H groups in total. The van der Waals surface area contributed by atoms with Gasteiger partial charge in [-0.25, -0.2) is 4.98 Å². The summed E-state index contributed by atoms with van der Waals surface area (Å²) in [5.74, 6) is 1.52. The van der Waals surface area contributed by atoms with Gasteiger partial charge < -0.3 is 14.2 Å². The zero-order chi connectivity index (χ0) is 16.9.